The summed E-state index contributed by atoms with van der Waals surface area (Å²) in [6, 6.07) is 17.5. The number of hydrogen-bond donors (Lipinski definition) is 5. The molecule has 1 saturated heterocycles. The average Bonchev–Trinajstić information content (AvgIpc) is 3.97. The molecule has 3 aromatic carbocycles. The molecule has 296 valence electrons. The number of carbonyl (C=O) groups excluding carboxylic acids is 4. The molecule has 0 bridgehead atoms. The van der Waals surface area contributed by atoms with Gasteiger partial charge in [0.05, 0.1) is 43.2 Å². The molecule has 1 aliphatic rings. The van der Waals surface area contributed by atoms with Gasteiger partial charge in [0.25, 0.3) is 0 Å². The highest BCUT2D eigenvalue weighted by molar-refractivity contribution is 5.92. The van der Waals surface area contributed by atoms with Crippen LogP contribution in [0.25, 0.3) is 44.2 Å². The summed E-state index contributed by atoms with van der Waals surface area (Å²) in [6.07, 6.45) is 4.56. The standard InChI is InChI=1S/C42H52N8O6/c1-24(2)36(48-41(53)55-5)39(51)43-18-8-7-11-35-45-31-17-16-29(22-32(31)46-35)27-12-13-28-21-30(15-14-26(28)20-27)33-23-44-38(47-33)34-10-9-19-50(34)40(52)37(25(3)4)49-42(54)56-6/h12-17,20-25,34,36-37H,7-11,18-19H2,1-6H3,(H,43,51)(H,44,47)(H,45,46)(H,48,53)(H,49,54)/t34-,36-,37-/m0/s1. The van der Waals surface area contributed by atoms with Crippen LogP contribution >= 0.6 is 0 Å². The number of unbranched alkanes of at least 4 members (excludes halogenated alkanes) is 1. The van der Waals surface area contributed by atoms with Crippen molar-refractivity contribution in [1.82, 2.24) is 40.8 Å². The van der Waals surface area contributed by atoms with Gasteiger partial charge in [0.15, 0.2) is 0 Å². The summed E-state index contributed by atoms with van der Waals surface area (Å²) in [4.78, 5) is 67.9. The summed E-state index contributed by atoms with van der Waals surface area (Å²) in [6.45, 7) is 8.65. The number of methoxy groups -OCH3 is 2. The Morgan fingerprint density at radius 2 is 1.46 bits per heavy atom. The van der Waals surface area contributed by atoms with E-state index in [1.807, 2.05) is 44.9 Å². The fourth-order valence-corrected chi connectivity index (χ4v) is 7.26. The van der Waals surface area contributed by atoms with Crippen molar-refractivity contribution in [3.05, 3.63) is 72.4 Å². The number of aromatic amines is 2. The largest absolute Gasteiger partial charge is 0.453 e. The van der Waals surface area contributed by atoms with E-state index >= 15 is 0 Å². The Morgan fingerprint density at radius 3 is 2.16 bits per heavy atom. The molecule has 0 aliphatic carbocycles. The summed E-state index contributed by atoms with van der Waals surface area (Å²) in [5.41, 5.74) is 5.91. The molecule has 5 N–H and O–H groups in total. The van der Waals surface area contributed by atoms with Crippen LogP contribution in [0, 0.1) is 11.8 Å². The molecule has 3 heterocycles. The summed E-state index contributed by atoms with van der Waals surface area (Å²) >= 11 is 0. The number of rotatable bonds is 14. The van der Waals surface area contributed by atoms with Crippen LogP contribution < -0.4 is 16.0 Å². The van der Waals surface area contributed by atoms with Gasteiger partial charge in [0.1, 0.15) is 23.7 Å². The molecule has 4 amide bonds. The van der Waals surface area contributed by atoms with Gasteiger partial charge < -0.3 is 40.3 Å². The normalized spacial score (nSPS) is 15.3. The van der Waals surface area contributed by atoms with Crippen molar-refractivity contribution >= 4 is 45.8 Å². The summed E-state index contributed by atoms with van der Waals surface area (Å²) < 4.78 is 9.40. The average molecular weight is 765 g/mol. The number of fused-ring (bicyclic) bond motifs is 2. The van der Waals surface area contributed by atoms with Crippen molar-refractivity contribution in [3.8, 4) is 22.4 Å². The Hall–Kier alpha value is -5.92. The van der Waals surface area contributed by atoms with E-state index in [9.17, 15) is 19.2 Å². The Balaban J connectivity index is 1.07. The Kier molecular flexibility index (Phi) is 12.6. The van der Waals surface area contributed by atoms with Crippen molar-refractivity contribution in [1.29, 1.82) is 0 Å². The van der Waals surface area contributed by atoms with Crippen molar-refractivity contribution in [2.45, 2.75) is 77.9 Å². The number of alkyl carbamates (subject to hydrolysis) is 2. The van der Waals surface area contributed by atoms with Crippen LogP contribution in [0.2, 0.25) is 0 Å². The van der Waals surface area contributed by atoms with Gasteiger partial charge in [0, 0.05) is 25.1 Å². The number of likely N-dealkylation sites (tertiary alicyclic amines) is 1. The predicted octanol–water partition coefficient (Wildman–Crippen LogP) is 6.64. The Bertz CT molecular complexity index is 2190. The number of nitrogens with zero attached hydrogens (tertiary/aromatic N) is 3. The number of H-pyrrole nitrogens is 2. The first-order valence-corrected chi connectivity index (χ1v) is 19.3. The zero-order chi connectivity index (χ0) is 39.9. The number of ether oxygens (including phenoxy) is 2. The lowest BCUT2D eigenvalue weighted by atomic mass is 9.99. The minimum absolute atomic E-state index is 0.0707. The smallest absolute Gasteiger partial charge is 0.407 e. The molecule has 3 atom stereocenters. The van der Waals surface area contributed by atoms with Crippen LogP contribution in [0.5, 0.6) is 0 Å². The molecule has 0 saturated carbocycles. The van der Waals surface area contributed by atoms with Gasteiger partial charge >= 0.3 is 12.2 Å². The lowest BCUT2D eigenvalue weighted by Gasteiger charge is -2.30. The lowest BCUT2D eigenvalue weighted by Crippen LogP contribution is -2.51. The van der Waals surface area contributed by atoms with Crippen LogP contribution in [-0.2, 0) is 25.5 Å². The molecule has 2 aromatic heterocycles. The highest BCUT2D eigenvalue weighted by atomic mass is 16.5. The first-order chi connectivity index (χ1) is 26.9. The third kappa shape index (κ3) is 9.12. The van der Waals surface area contributed by atoms with Crippen molar-refractivity contribution < 1.29 is 28.7 Å². The zero-order valence-electron chi connectivity index (χ0n) is 32.9. The number of aryl methyl sites for hydroxylation is 1. The number of amides is 4. The number of carbonyl (C=O) groups is 4. The lowest BCUT2D eigenvalue weighted by molar-refractivity contribution is -0.135. The Morgan fingerprint density at radius 1 is 0.821 bits per heavy atom. The van der Waals surface area contributed by atoms with E-state index in [0.717, 1.165) is 87.9 Å². The molecule has 5 aromatic rings. The van der Waals surface area contributed by atoms with Gasteiger partial charge in [-0.05, 0) is 83.7 Å². The van der Waals surface area contributed by atoms with Crippen molar-refractivity contribution in [3.63, 3.8) is 0 Å². The van der Waals surface area contributed by atoms with E-state index in [-0.39, 0.29) is 29.7 Å². The molecular formula is C42H52N8O6. The van der Waals surface area contributed by atoms with E-state index in [2.05, 4.69) is 79.2 Å². The van der Waals surface area contributed by atoms with E-state index in [0.29, 0.717) is 13.1 Å². The molecule has 1 aliphatic heterocycles. The van der Waals surface area contributed by atoms with Gasteiger partial charge in [-0.15, -0.1) is 0 Å². The quantitative estimate of drug-likeness (QED) is 0.0780. The topological polar surface area (TPSA) is 183 Å². The molecule has 1 fully saturated rings. The van der Waals surface area contributed by atoms with Crippen LogP contribution in [0.1, 0.15) is 71.1 Å². The van der Waals surface area contributed by atoms with E-state index in [1.54, 1.807) is 0 Å². The molecule has 6 rings (SSSR count). The maximum absolute atomic E-state index is 13.6. The maximum atomic E-state index is 13.6. The number of aromatic nitrogens is 4. The third-order valence-electron chi connectivity index (χ3n) is 10.4. The SMILES string of the molecule is COC(=O)N[C@H](C(=O)NCCCCc1nc2ccc(-c3ccc4cc(-c5cnc([C@@H]6CCCN6C(=O)[C@@H](NC(=O)OC)C(C)C)[nH]5)ccc4c3)cc2[nH]1)C(C)C. The minimum Gasteiger partial charge on any atom is -0.453 e. The number of imidazole rings is 2. The van der Waals surface area contributed by atoms with Crippen molar-refractivity contribution in [2.75, 3.05) is 27.3 Å². The van der Waals surface area contributed by atoms with Crippen LogP contribution in [0.3, 0.4) is 0 Å². The highest BCUT2D eigenvalue weighted by Crippen LogP contribution is 2.34. The first-order valence-electron chi connectivity index (χ1n) is 19.3. The fraction of sp³-hybridized carbons (Fsp3) is 0.429. The Labute approximate surface area is 326 Å². The number of hydrogen-bond acceptors (Lipinski definition) is 8. The second-order valence-corrected chi connectivity index (χ2v) is 15.0. The van der Waals surface area contributed by atoms with Gasteiger partial charge in [-0.2, -0.15) is 0 Å². The molecule has 56 heavy (non-hydrogen) atoms. The van der Waals surface area contributed by atoms with Gasteiger partial charge in [-0.1, -0.05) is 58.0 Å². The molecule has 14 heteroatoms. The molecule has 0 spiro atoms. The van der Waals surface area contributed by atoms with Crippen LogP contribution in [0.4, 0.5) is 9.59 Å². The second kappa shape index (κ2) is 17.7. The number of nitrogens with one attached hydrogen (secondary N) is 5. The molecule has 14 nitrogen and oxygen atoms in total. The molecule has 0 radical (unpaired) electrons. The maximum Gasteiger partial charge on any atom is 0.407 e. The molecular weight excluding hydrogens is 713 g/mol. The van der Waals surface area contributed by atoms with E-state index in [1.165, 1.54) is 14.2 Å². The monoisotopic (exact) mass is 764 g/mol. The van der Waals surface area contributed by atoms with E-state index in [4.69, 9.17) is 14.7 Å². The highest BCUT2D eigenvalue weighted by Gasteiger charge is 2.37. The first kappa shape index (κ1) is 39.8. The van der Waals surface area contributed by atoms with Gasteiger partial charge in [-0.3, -0.25) is 9.59 Å². The van der Waals surface area contributed by atoms with Crippen LogP contribution in [0.15, 0.2) is 60.8 Å². The molecule has 0 unspecified atom stereocenters. The van der Waals surface area contributed by atoms with E-state index < -0.39 is 24.3 Å². The fourth-order valence-electron chi connectivity index (χ4n) is 7.26. The number of benzene rings is 3. The summed E-state index contributed by atoms with van der Waals surface area (Å²) in [7, 11) is 2.57. The van der Waals surface area contributed by atoms with Gasteiger partial charge in [0.2, 0.25) is 11.8 Å². The summed E-state index contributed by atoms with van der Waals surface area (Å²) in [5.74, 6) is 1.09. The third-order valence-corrected chi connectivity index (χ3v) is 10.4. The summed E-state index contributed by atoms with van der Waals surface area (Å²) in [5, 5.41) is 10.4. The predicted molar refractivity (Wildman–Crippen MR) is 215 cm³/mol. The second-order valence-electron chi connectivity index (χ2n) is 15.0. The zero-order valence-corrected chi connectivity index (χ0v) is 32.9. The minimum atomic E-state index is -0.685. The van der Waals surface area contributed by atoms with Crippen molar-refractivity contribution in [2.24, 2.45) is 11.8 Å². The van der Waals surface area contributed by atoms with Crippen LogP contribution in [-0.4, -0.2) is 88.2 Å². The van der Waals surface area contributed by atoms with Gasteiger partial charge in [-0.25, -0.2) is 19.6 Å².